The molecule has 0 atom stereocenters. The summed E-state index contributed by atoms with van der Waals surface area (Å²) in [5.74, 6) is 0. The van der Waals surface area contributed by atoms with E-state index in [2.05, 4.69) is 9.82 Å². The van der Waals surface area contributed by atoms with Crippen LogP contribution in [0.2, 0.25) is 0 Å². The third-order valence-electron chi connectivity index (χ3n) is 2.95. The average Bonchev–Trinajstić information content (AvgIpc) is 2.94. The highest BCUT2D eigenvalue weighted by molar-refractivity contribution is 7.92. The van der Waals surface area contributed by atoms with Gasteiger partial charge in [-0.25, -0.2) is 12.9 Å². The van der Waals surface area contributed by atoms with Crippen LogP contribution in [0.4, 0.5) is 5.69 Å². The molecule has 0 saturated heterocycles. The zero-order chi connectivity index (χ0) is 14.9. The van der Waals surface area contributed by atoms with Crippen molar-refractivity contribution in [3.63, 3.8) is 0 Å². The minimum absolute atomic E-state index is 0.106. The zero-order valence-electron chi connectivity index (χ0n) is 10.8. The fourth-order valence-corrected chi connectivity index (χ4v) is 2.96. The molecule has 0 unspecified atom stereocenters. The average molecular weight is 298 g/mol. The monoisotopic (exact) mass is 298 g/mol. The van der Waals surface area contributed by atoms with Crippen molar-refractivity contribution >= 4 is 21.2 Å². The fraction of sp³-hybridized carbons (Fsp3) is 0. The van der Waals surface area contributed by atoms with E-state index in [1.165, 1.54) is 24.3 Å². The highest BCUT2D eigenvalue weighted by Crippen LogP contribution is 2.18. The lowest BCUT2D eigenvalue weighted by atomic mass is 10.2. The molecule has 0 bridgehead atoms. The van der Waals surface area contributed by atoms with Crippen LogP contribution in [-0.2, 0) is 10.0 Å². The Balaban J connectivity index is 1.92. The summed E-state index contributed by atoms with van der Waals surface area (Å²) in [4.78, 5) is 0.106. The van der Waals surface area contributed by atoms with Crippen LogP contribution < -0.4 is 4.72 Å². The predicted molar refractivity (Wildman–Crippen MR) is 77.2 cm³/mol. The summed E-state index contributed by atoms with van der Waals surface area (Å²) in [5.41, 5.74) is 1.65. The minimum Gasteiger partial charge on any atom is -0.279 e. The number of fused-ring (bicyclic) bond motifs is 1. The molecule has 0 amide bonds. The molecule has 0 spiro atoms. The lowest BCUT2D eigenvalue weighted by molar-refractivity contribution is 0.601. The van der Waals surface area contributed by atoms with Gasteiger partial charge < -0.3 is 0 Å². The second-order valence-electron chi connectivity index (χ2n) is 4.36. The van der Waals surface area contributed by atoms with Crippen LogP contribution >= 0.6 is 0 Å². The van der Waals surface area contributed by atoms with Gasteiger partial charge in [0.25, 0.3) is 10.0 Å². The topological polar surface area (TPSA) is 87.3 Å². The third kappa shape index (κ3) is 2.57. The highest BCUT2D eigenvalue weighted by atomic mass is 32.2. The van der Waals surface area contributed by atoms with Crippen molar-refractivity contribution in [3.05, 3.63) is 60.4 Å². The van der Waals surface area contributed by atoms with Gasteiger partial charge in [0.15, 0.2) is 0 Å². The molecular formula is C14H10N4O2S. The number of sulfonamides is 1. The van der Waals surface area contributed by atoms with Crippen LogP contribution in [0.25, 0.3) is 5.52 Å². The standard InChI is InChI=1S/C14H10N4O2S/c15-10-11-1-3-14(4-2-11)21(19,20)17-12-6-8-18-13(9-12)5-7-16-18/h1-9,17H. The molecule has 0 aliphatic carbocycles. The first-order valence-corrected chi connectivity index (χ1v) is 7.53. The van der Waals surface area contributed by atoms with Gasteiger partial charge in [-0.05, 0) is 42.5 Å². The van der Waals surface area contributed by atoms with Crippen molar-refractivity contribution in [3.8, 4) is 6.07 Å². The normalized spacial score (nSPS) is 11.2. The lowest BCUT2D eigenvalue weighted by Gasteiger charge is -2.08. The molecule has 21 heavy (non-hydrogen) atoms. The van der Waals surface area contributed by atoms with Crippen molar-refractivity contribution in [2.24, 2.45) is 0 Å². The van der Waals surface area contributed by atoms with Crippen LogP contribution in [0.15, 0.2) is 59.8 Å². The minimum atomic E-state index is -3.68. The number of nitriles is 1. The molecule has 3 aromatic rings. The molecule has 6 nitrogen and oxygen atoms in total. The third-order valence-corrected chi connectivity index (χ3v) is 4.34. The van der Waals surface area contributed by atoms with E-state index in [0.29, 0.717) is 11.3 Å². The molecule has 3 rings (SSSR count). The highest BCUT2D eigenvalue weighted by Gasteiger charge is 2.14. The number of nitrogens with one attached hydrogen (secondary N) is 1. The van der Waals surface area contributed by atoms with Crippen LogP contribution in [0.3, 0.4) is 0 Å². The summed E-state index contributed by atoms with van der Waals surface area (Å²) < 4.78 is 28.7. The molecule has 0 aliphatic rings. The van der Waals surface area contributed by atoms with E-state index in [9.17, 15) is 8.42 Å². The smallest absolute Gasteiger partial charge is 0.261 e. The largest absolute Gasteiger partial charge is 0.279 e. The summed E-state index contributed by atoms with van der Waals surface area (Å²) in [6, 6.07) is 12.8. The van der Waals surface area contributed by atoms with Crippen molar-refractivity contribution in [2.45, 2.75) is 4.90 Å². The Hall–Kier alpha value is -2.85. The Kier molecular flexibility index (Phi) is 3.08. The Bertz CT molecular complexity index is 937. The zero-order valence-corrected chi connectivity index (χ0v) is 11.6. The predicted octanol–water partition coefficient (Wildman–Crippen LogP) is 2.01. The number of hydrogen-bond donors (Lipinski definition) is 1. The first-order chi connectivity index (χ1) is 10.1. The van der Waals surface area contributed by atoms with Crippen molar-refractivity contribution < 1.29 is 8.42 Å². The molecule has 104 valence electrons. The number of pyridine rings is 1. The number of benzene rings is 1. The lowest BCUT2D eigenvalue weighted by Crippen LogP contribution is -2.13. The number of hydrogen-bond acceptors (Lipinski definition) is 4. The Morgan fingerprint density at radius 3 is 2.62 bits per heavy atom. The Labute approximate surface area is 121 Å². The molecular weight excluding hydrogens is 288 g/mol. The molecule has 1 aromatic carbocycles. The van der Waals surface area contributed by atoms with Gasteiger partial charge in [-0.1, -0.05) is 0 Å². The van der Waals surface area contributed by atoms with Crippen LogP contribution in [-0.4, -0.2) is 18.0 Å². The molecule has 0 saturated carbocycles. The summed E-state index contributed by atoms with van der Waals surface area (Å²) in [6.07, 6.45) is 3.31. The Morgan fingerprint density at radius 1 is 1.14 bits per heavy atom. The van der Waals surface area contributed by atoms with E-state index in [1.54, 1.807) is 35.1 Å². The number of nitrogens with zero attached hydrogens (tertiary/aromatic N) is 3. The van der Waals surface area contributed by atoms with Gasteiger partial charge in [-0.15, -0.1) is 0 Å². The second-order valence-corrected chi connectivity index (χ2v) is 6.04. The van der Waals surface area contributed by atoms with Crippen molar-refractivity contribution in [1.29, 1.82) is 5.26 Å². The summed E-state index contributed by atoms with van der Waals surface area (Å²) >= 11 is 0. The van der Waals surface area contributed by atoms with E-state index >= 15 is 0 Å². The quantitative estimate of drug-likeness (QED) is 0.801. The molecule has 1 N–H and O–H groups in total. The summed E-state index contributed by atoms with van der Waals surface area (Å²) in [7, 11) is -3.68. The van der Waals surface area contributed by atoms with Gasteiger partial charge in [-0.2, -0.15) is 10.4 Å². The van der Waals surface area contributed by atoms with Gasteiger partial charge in [0.2, 0.25) is 0 Å². The molecule has 0 radical (unpaired) electrons. The molecule has 2 heterocycles. The maximum Gasteiger partial charge on any atom is 0.261 e. The van der Waals surface area contributed by atoms with Gasteiger partial charge in [0, 0.05) is 12.4 Å². The van der Waals surface area contributed by atoms with Crippen LogP contribution in [0.1, 0.15) is 5.56 Å². The first-order valence-electron chi connectivity index (χ1n) is 6.05. The van der Waals surface area contributed by atoms with Crippen LogP contribution in [0.5, 0.6) is 0 Å². The SMILES string of the molecule is N#Cc1ccc(S(=O)(=O)Nc2ccn3nccc3c2)cc1. The first kappa shape index (κ1) is 13.1. The van der Waals surface area contributed by atoms with E-state index < -0.39 is 10.0 Å². The van der Waals surface area contributed by atoms with E-state index in [4.69, 9.17) is 5.26 Å². The van der Waals surface area contributed by atoms with E-state index in [1.807, 2.05) is 6.07 Å². The molecule has 0 fully saturated rings. The second kappa shape index (κ2) is 4.92. The molecule has 0 aliphatic heterocycles. The number of anilines is 1. The van der Waals surface area contributed by atoms with Crippen LogP contribution in [0, 0.1) is 11.3 Å². The summed E-state index contributed by atoms with van der Waals surface area (Å²) in [5, 5.41) is 12.8. The maximum absolute atomic E-state index is 12.3. The van der Waals surface area contributed by atoms with E-state index in [-0.39, 0.29) is 4.90 Å². The van der Waals surface area contributed by atoms with Gasteiger partial charge in [0.1, 0.15) is 0 Å². The summed E-state index contributed by atoms with van der Waals surface area (Å²) in [6.45, 7) is 0. The Morgan fingerprint density at radius 2 is 1.90 bits per heavy atom. The number of aromatic nitrogens is 2. The maximum atomic E-state index is 12.3. The van der Waals surface area contributed by atoms with Gasteiger partial charge >= 0.3 is 0 Å². The van der Waals surface area contributed by atoms with Gasteiger partial charge in [0.05, 0.1) is 27.7 Å². The van der Waals surface area contributed by atoms with Crippen molar-refractivity contribution in [1.82, 2.24) is 9.61 Å². The fourth-order valence-electron chi connectivity index (χ4n) is 1.91. The number of rotatable bonds is 3. The van der Waals surface area contributed by atoms with Crippen molar-refractivity contribution in [2.75, 3.05) is 4.72 Å². The van der Waals surface area contributed by atoms with Gasteiger partial charge in [-0.3, -0.25) is 4.72 Å². The molecule has 2 aromatic heterocycles. The van der Waals surface area contributed by atoms with E-state index in [0.717, 1.165) is 5.52 Å². The molecule has 7 heteroatoms.